The Kier molecular flexibility index (Phi) is 6.87. The topological polar surface area (TPSA) is 123 Å². The number of hydrogen-bond acceptors (Lipinski definition) is 8. The first-order valence-electron chi connectivity index (χ1n) is 8.49. The quantitative estimate of drug-likeness (QED) is 0.226. The average molecular weight is 371 g/mol. The third-order valence-electron chi connectivity index (χ3n) is 4.55. The molecule has 0 saturated carbocycles. The van der Waals surface area contributed by atoms with E-state index in [0.29, 0.717) is 0 Å². The smallest absolute Gasteiger partial charge is 0.316 e. The number of ether oxygens (including phenoxy) is 3. The molecule has 0 radical (unpaired) electrons. The normalized spacial score (nSPS) is 25.5. The second-order valence-corrected chi connectivity index (χ2v) is 6.65. The minimum Gasteiger partial charge on any atom is -0.463 e. The Hall–Kier alpha value is -1.81. The van der Waals surface area contributed by atoms with Crippen LogP contribution >= 0.6 is 0 Å². The molecule has 1 fully saturated rings. The van der Waals surface area contributed by atoms with Crippen LogP contribution in [-0.4, -0.2) is 84.7 Å². The van der Waals surface area contributed by atoms with Gasteiger partial charge in [0.1, 0.15) is 12.0 Å². The Morgan fingerprint density at radius 2 is 1.88 bits per heavy atom. The van der Waals surface area contributed by atoms with Crippen molar-refractivity contribution < 1.29 is 38.8 Å². The number of esters is 1. The van der Waals surface area contributed by atoms with Crippen molar-refractivity contribution in [1.82, 2.24) is 4.90 Å². The Morgan fingerprint density at radius 1 is 1.19 bits per heavy atom. The van der Waals surface area contributed by atoms with Gasteiger partial charge in [-0.25, -0.2) is 0 Å². The maximum atomic E-state index is 12.4. The van der Waals surface area contributed by atoms with E-state index >= 15 is 0 Å². The molecule has 2 N–H and O–H groups in total. The molecule has 2 aliphatic rings. The van der Waals surface area contributed by atoms with Gasteiger partial charge in [-0.1, -0.05) is 13.0 Å². The summed E-state index contributed by atoms with van der Waals surface area (Å²) >= 11 is 0. The molecule has 2 unspecified atom stereocenters. The summed E-state index contributed by atoms with van der Waals surface area (Å²) in [7, 11) is 0. The molecule has 0 aliphatic carbocycles. The summed E-state index contributed by atoms with van der Waals surface area (Å²) in [5.41, 5.74) is -1.35. The molecule has 0 aromatic heterocycles. The second-order valence-electron chi connectivity index (χ2n) is 6.65. The number of fused-ring (bicyclic) bond motifs is 2. The minimum atomic E-state index is -1.35. The fourth-order valence-corrected chi connectivity index (χ4v) is 2.57. The van der Waals surface area contributed by atoms with Crippen LogP contribution in [0.5, 0.6) is 0 Å². The van der Waals surface area contributed by atoms with Crippen LogP contribution in [0.1, 0.15) is 13.8 Å². The van der Waals surface area contributed by atoms with Crippen LogP contribution in [0.25, 0.3) is 0 Å². The first-order chi connectivity index (χ1) is 12.3. The first-order valence-corrected chi connectivity index (χ1v) is 8.49. The van der Waals surface area contributed by atoms with Crippen LogP contribution in [0.2, 0.25) is 0 Å². The SMILES string of the molecule is C[C@@H]1C(=O)N(CCOCCOC(=O)C(C)(CO)CO)C(=O)C2C=CC1O2. The highest BCUT2D eigenvalue weighted by Crippen LogP contribution is 2.26. The summed E-state index contributed by atoms with van der Waals surface area (Å²) in [5.74, 6) is -1.88. The molecular formula is C17H25NO8. The van der Waals surface area contributed by atoms with E-state index in [0.717, 1.165) is 4.90 Å². The predicted octanol–water partition coefficient (Wildman–Crippen LogP) is -1.13. The Bertz CT molecular complexity index is 571. The van der Waals surface area contributed by atoms with E-state index in [2.05, 4.69) is 0 Å². The number of aliphatic hydroxyl groups is 2. The van der Waals surface area contributed by atoms with Crippen molar-refractivity contribution in [2.45, 2.75) is 26.1 Å². The van der Waals surface area contributed by atoms with E-state index in [9.17, 15) is 14.4 Å². The zero-order valence-corrected chi connectivity index (χ0v) is 14.9. The molecule has 2 amide bonds. The van der Waals surface area contributed by atoms with Gasteiger partial charge in [-0.05, 0) is 13.0 Å². The monoisotopic (exact) mass is 371 g/mol. The number of rotatable bonds is 9. The zero-order chi connectivity index (χ0) is 19.3. The molecule has 2 aliphatic heterocycles. The van der Waals surface area contributed by atoms with Gasteiger partial charge in [-0.2, -0.15) is 0 Å². The van der Waals surface area contributed by atoms with E-state index in [-0.39, 0.29) is 38.4 Å². The molecule has 0 aromatic rings. The van der Waals surface area contributed by atoms with Gasteiger partial charge < -0.3 is 24.4 Å². The van der Waals surface area contributed by atoms with Gasteiger partial charge in [0.15, 0.2) is 6.10 Å². The van der Waals surface area contributed by atoms with Gasteiger partial charge in [0.25, 0.3) is 5.91 Å². The van der Waals surface area contributed by atoms with Crippen molar-refractivity contribution in [3.63, 3.8) is 0 Å². The van der Waals surface area contributed by atoms with E-state index in [1.807, 2.05) is 0 Å². The maximum absolute atomic E-state index is 12.4. The Labute approximate surface area is 151 Å². The summed E-state index contributed by atoms with van der Waals surface area (Å²) in [6.07, 6.45) is 2.28. The van der Waals surface area contributed by atoms with Gasteiger partial charge in [-0.3, -0.25) is 19.3 Å². The molecule has 2 heterocycles. The zero-order valence-electron chi connectivity index (χ0n) is 14.9. The average Bonchev–Trinajstić information content (AvgIpc) is 3.12. The second kappa shape index (κ2) is 8.72. The third-order valence-corrected chi connectivity index (χ3v) is 4.55. The number of nitrogens with zero attached hydrogens (tertiary/aromatic N) is 1. The number of amides is 2. The van der Waals surface area contributed by atoms with Gasteiger partial charge in [0.05, 0.1) is 45.0 Å². The molecule has 0 aromatic carbocycles. The summed E-state index contributed by atoms with van der Waals surface area (Å²) in [5, 5.41) is 18.2. The van der Waals surface area contributed by atoms with Crippen molar-refractivity contribution in [2.24, 2.45) is 11.3 Å². The lowest BCUT2D eigenvalue weighted by Gasteiger charge is -2.23. The Morgan fingerprint density at radius 3 is 2.54 bits per heavy atom. The summed E-state index contributed by atoms with van der Waals surface area (Å²) in [6, 6.07) is 0. The number of hydrogen-bond donors (Lipinski definition) is 2. The molecule has 9 heteroatoms. The molecule has 26 heavy (non-hydrogen) atoms. The molecule has 0 spiro atoms. The van der Waals surface area contributed by atoms with Gasteiger partial charge in [0.2, 0.25) is 5.91 Å². The number of imide groups is 1. The van der Waals surface area contributed by atoms with Gasteiger partial charge in [-0.15, -0.1) is 0 Å². The highest BCUT2D eigenvalue weighted by Gasteiger charge is 2.42. The fraction of sp³-hybridized carbons (Fsp3) is 0.706. The van der Waals surface area contributed by atoms with Crippen LogP contribution in [0.4, 0.5) is 0 Å². The molecule has 146 valence electrons. The predicted molar refractivity (Wildman–Crippen MR) is 87.7 cm³/mol. The van der Waals surface area contributed by atoms with Crippen molar-refractivity contribution >= 4 is 17.8 Å². The van der Waals surface area contributed by atoms with E-state index in [1.54, 1.807) is 19.1 Å². The molecule has 3 atom stereocenters. The number of aliphatic hydroxyl groups excluding tert-OH is 2. The maximum Gasteiger partial charge on any atom is 0.316 e. The van der Waals surface area contributed by atoms with Crippen molar-refractivity contribution in [3.05, 3.63) is 12.2 Å². The van der Waals surface area contributed by atoms with Gasteiger partial charge >= 0.3 is 5.97 Å². The van der Waals surface area contributed by atoms with Crippen LogP contribution in [0.3, 0.4) is 0 Å². The third kappa shape index (κ3) is 4.29. The highest BCUT2D eigenvalue weighted by molar-refractivity contribution is 6.00. The lowest BCUT2D eigenvalue weighted by Crippen LogP contribution is -2.45. The molecule has 2 bridgehead atoms. The van der Waals surface area contributed by atoms with Crippen molar-refractivity contribution in [1.29, 1.82) is 0 Å². The minimum absolute atomic E-state index is 0.0624. The number of carbonyl (C=O) groups excluding carboxylic acids is 3. The van der Waals surface area contributed by atoms with E-state index in [1.165, 1.54) is 6.92 Å². The lowest BCUT2D eigenvalue weighted by molar-refractivity contribution is -0.161. The molecule has 1 saturated heterocycles. The number of carbonyl (C=O) groups is 3. The van der Waals surface area contributed by atoms with E-state index in [4.69, 9.17) is 24.4 Å². The van der Waals surface area contributed by atoms with Crippen molar-refractivity contribution in [3.8, 4) is 0 Å². The van der Waals surface area contributed by atoms with E-state index < -0.39 is 42.5 Å². The molecule has 9 nitrogen and oxygen atoms in total. The fourth-order valence-electron chi connectivity index (χ4n) is 2.57. The first kappa shape index (κ1) is 20.5. The summed E-state index contributed by atoms with van der Waals surface area (Å²) in [6.45, 7) is 2.22. The van der Waals surface area contributed by atoms with Crippen molar-refractivity contribution in [2.75, 3.05) is 39.6 Å². The summed E-state index contributed by atoms with van der Waals surface area (Å²) < 4.78 is 15.8. The van der Waals surface area contributed by atoms with Crippen LogP contribution in [0, 0.1) is 11.3 Å². The lowest BCUT2D eigenvalue weighted by atomic mass is 9.93. The van der Waals surface area contributed by atoms with Crippen LogP contribution < -0.4 is 0 Å². The van der Waals surface area contributed by atoms with Crippen LogP contribution in [0.15, 0.2) is 12.2 Å². The standard InChI is InChI=1S/C17H25NO8/c1-11-12-3-4-13(26-12)15(22)18(14(11)21)5-6-24-7-8-25-16(23)17(2,9-19)10-20/h3-4,11-13,19-20H,5-10H2,1-2H3/t11-,12?,13?/m0/s1. The van der Waals surface area contributed by atoms with Crippen LogP contribution in [-0.2, 0) is 28.6 Å². The largest absolute Gasteiger partial charge is 0.463 e. The van der Waals surface area contributed by atoms with Gasteiger partial charge in [0, 0.05) is 0 Å². The summed E-state index contributed by atoms with van der Waals surface area (Å²) in [4.78, 5) is 37.5. The Balaban J connectivity index is 1.73. The molecular weight excluding hydrogens is 346 g/mol. The highest BCUT2D eigenvalue weighted by atomic mass is 16.6. The molecule has 2 rings (SSSR count).